The van der Waals surface area contributed by atoms with E-state index in [9.17, 15) is 4.79 Å². The maximum absolute atomic E-state index is 12.4. The molecule has 2 aliphatic rings. The molecule has 0 radical (unpaired) electrons. The summed E-state index contributed by atoms with van der Waals surface area (Å²) in [5.41, 5.74) is 4.21. The smallest absolute Gasteiger partial charge is 0.189 e. The molecule has 0 amide bonds. The SMILES string of the molecule is O=C1/C(=C/C2=CCCC=C2)CCc2ccccc21. The Kier molecular flexibility index (Phi) is 2.97. The molecule has 1 heteroatoms. The molecule has 0 saturated carbocycles. The molecule has 0 N–H and O–H groups in total. The molecule has 0 aliphatic heterocycles. The largest absolute Gasteiger partial charge is 0.289 e. The molecule has 0 unspecified atom stereocenters. The molecule has 90 valence electrons. The molecule has 3 rings (SSSR count). The van der Waals surface area contributed by atoms with Crippen molar-refractivity contribution in [1.82, 2.24) is 0 Å². The van der Waals surface area contributed by atoms with E-state index < -0.39 is 0 Å². The number of aryl methyl sites for hydroxylation is 1. The molecule has 1 aromatic rings. The van der Waals surface area contributed by atoms with Gasteiger partial charge in [0.25, 0.3) is 0 Å². The van der Waals surface area contributed by atoms with Gasteiger partial charge < -0.3 is 0 Å². The van der Waals surface area contributed by atoms with Crippen molar-refractivity contribution in [2.45, 2.75) is 25.7 Å². The third kappa shape index (κ3) is 2.08. The minimum atomic E-state index is 0.205. The lowest BCUT2D eigenvalue weighted by atomic mass is 9.86. The Bertz CT molecular complexity index is 573. The van der Waals surface area contributed by atoms with Crippen molar-refractivity contribution in [2.24, 2.45) is 0 Å². The van der Waals surface area contributed by atoms with E-state index in [1.165, 1.54) is 11.1 Å². The van der Waals surface area contributed by atoms with Crippen LogP contribution in [-0.2, 0) is 6.42 Å². The van der Waals surface area contributed by atoms with E-state index in [0.29, 0.717) is 0 Å². The van der Waals surface area contributed by atoms with Gasteiger partial charge in [-0.05, 0) is 42.9 Å². The van der Waals surface area contributed by atoms with Crippen molar-refractivity contribution in [3.63, 3.8) is 0 Å². The maximum atomic E-state index is 12.4. The quantitative estimate of drug-likeness (QED) is 0.673. The molecule has 0 heterocycles. The summed E-state index contributed by atoms with van der Waals surface area (Å²) in [6.07, 6.45) is 12.6. The second-order valence-corrected chi connectivity index (χ2v) is 4.84. The van der Waals surface area contributed by atoms with Crippen LogP contribution in [0.25, 0.3) is 0 Å². The Balaban J connectivity index is 1.93. The number of fused-ring (bicyclic) bond motifs is 1. The molecule has 0 bridgehead atoms. The van der Waals surface area contributed by atoms with Gasteiger partial charge in [-0.1, -0.05) is 42.5 Å². The molecule has 1 aromatic carbocycles. The van der Waals surface area contributed by atoms with E-state index >= 15 is 0 Å². The van der Waals surface area contributed by atoms with Crippen LogP contribution < -0.4 is 0 Å². The van der Waals surface area contributed by atoms with Crippen LogP contribution in [-0.4, -0.2) is 5.78 Å². The fourth-order valence-corrected chi connectivity index (χ4v) is 2.60. The Morgan fingerprint density at radius 3 is 2.78 bits per heavy atom. The van der Waals surface area contributed by atoms with E-state index in [2.05, 4.69) is 30.4 Å². The number of carbonyl (C=O) groups is 1. The van der Waals surface area contributed by atoms with Gasteiger partial charge in [-0.2, -0.15) is 0 Å². The highest BCUT2D eigenvalue weighted by Crippen LogP contribution is 2.26. The molecule has 2 aliphatic carbocycles. The van der Waals surface area contributed by atoms with Crippen molar-refractivity contribution < 1.29 is 4.79 Å². The van der Waals surface area contributed by atoms with Crippen molar-refractivity contribution >= 4 is 5.78 Å². The lowest BCUT2D eigenvalue weighted by Crippen LogP contribution is -2.14. The number of benzene rings is 1. The molecule has 0 fully saturated rings. The van der Waals surface area contributed by atoms with Gasteiger partial charge >= 0.3 is 0 Å². The number of carbonyl (C=O) groups excluding carboxylic acids is 1. The van der Waals surface area contributed by atoms with Gasteiger partial charge in [0.1, 0.15) is 0 Å². The van der Waals surface area contributed by atoms with Crippen LogP contribution in [0.15, 0.2) is 59.7 Å². The zero-order valence-corrected chi connectivity index (χ0v) is 10.4. The number of ketones is 1. The summed E-state index contributed by atoms with van der Waals surface area (Å²) >= 11 is 0. The number of hydrogen-bond donors (Lipinski definition) is 0. The molecular weight excluding hydrogens is 220 g/mol. The Hall–Kier alpha value is -1.89. The first-order valence-electron chi connectivity index (χ1n) is 6.54. The number of rotatable bonds is 1. The standard InChI is InChI=1S/C17H16O/c18-17-15(12-13-6-2-1-3-7-13)11-10-14-8-4-5-9-16(14)17/h2,4-9,12H,1,3,10-11H2/b15-12+. The second-order valence-electron chi connectivity index (χ2n) is 4.84. The third-order valence-corrected chi connectivity index (χ3v) is 3.58. The minimum Gasteiger partial charge on any atom is -0.289 e. The number of Topliss-reactive ketones (excluding diaryl/α,β-unsaturated/α-hetero) is 1. The monoisotopic (exact) mass is 236 g/mol. The van der Waals surface area contributed by atoms with E-state index in [1.54, 1.807) is 0 Å². The highest BCUT2D eigenvalue weighted by atomic mass is 16.1. The van der Waals surface area contributed by atoms with Gasteiger partial charge in [-0.25, -0.2) is 0 Å². The van der Waals surface area contributed by atoms with Gasteiger partial charge in [-0.3, -0.25) is 4.79 Å². The zero-order valence-electron chi connectivity index (χ0n) is 10.4. The summed E-state index contributed by atoms with van der Waals surface area (Å²) in [4.78, 5) is 12.4. The molecule has 18 heavy (non-hydrogen) atoms. The fraction of sp³-hybridized carbons (Fsp3) is 0.235. The Labute approximate surface area is 108 Å². The Morgan fingerprint density at radius 2 is 1.94 bits per heavy atom. The van der Waals surface area contributed by atoms with Gasteiger partial charge in [0, 0.05) is 11.1 Å². The second kappa shape index (κ2) is 4.77. The Morgan fingerprint density at radius 1 is 1.06 bits per heavy atom. The molecule has 0 atom stereocenters. The summed E-state index contributed by atoms with van der Waals surface area (Å²) in [7, 11) is 0. The van der Waals surface area contributed by atoms with Crippen molar-refractivity contribution in [1.29, 1.82) is 0 Å². The van der Waals surface area contributed by atoms with Crippen molar-refractivity contribution in [2.75, 3.05) is 0 Å². The van der Waals surface area contributed by atoms with Gasteiger partial charge in [0.15, 0.2) is 5.78 Å². The highest BCUT2D eigenvalue weighted by Gasteiger charge is 2.21. The van der Waals surface area contributed by atoms with Crippen LogP contribution in [0.2, 0.25) is 0 Å². The first-order valence-corrected chi connectivity index (χ1v) is 6.54. The van der Waals surface area contributed by atoms with Crippen LogP contribution in [0.3, 0.4) is 0 Å². The van der Waals surface area contributed by atoms with Crippen LogP contribution in [0.5, 0.6) is 0 Å². The molecule has 1 nitrogen and oxygen atoms in total. The van der Waals surface area contributed by atoms with E-state index in [4.69, 9.17) is 0 Å². The van der Waals surface area contributed by atoms with Gasteiger partial charge in [0.05, 0.1) is 0 Å². The van der Waals surface area contributed by atoms with Crippen molar-refractivity contribution in [3.8, 4) is 0 Å². The van der Waals surface area contributed by atoms with Gasteiger partial charge in [0.2, 0.25) is 0 Å². The highest BCUT2D eigenvalue weighted by molar-refractivity contribution is 6.11. The van der Waals surface area contributed by atoms with Crippen LogP contribution in [0.4, 0.5) is 0 Å². The van der Waals surface area contributed by atoms with Crippen LogP contribution >= 0.6 is 0 Å². The molecule has 0 saturated heterocycles. The third-order valence-electron chi connectivity index (χ3n) is 3.58. The maximum Gasteiger partial charge on any atom is 0.189 e. The van der Waals surface area contributed by atoms with E-state index in [1.807, 2.05) is 18.2 Å². The van der Waals surface area contributed by atoms with E-state index in [0.717, 1.165) is 36.8 Å². The minimum absolute atomic E-state index is 0.205. The molecule has 0 aromatic heterocycles. The number of allylic oxidation sites excluding steroid dienone is 6. The van der Waals surface area contributed by atoms with Gasteiger partial charge in [-0.15, -0.1) is 0 Å². The first-order chi connectivity index (χ1) is 8.84. The number of hydrogen-bond acceptors (Lipinski definition) is 1. The zero-order chi connectivity index (χ0) is 12.4. The average Bonchev–Trinajstić information content (AvgIpc) is 2.43. The first kappa shape index (κ1) is 11.2. The summed E-state index contributed by atoms with van der Waals surface area (Å²) in [5.74, 6) is 0.205. The topological polar surface area (TPSA) is 17.1 Å². The normalized spacial score (nSPS) is 20.8. The van der Waals surface area contributed by atoms with E-state index in [-0.39, 0.29) is 5.78 Å². The lowest BCUT2D eigenvalue weighted by molar-refractivity contribution is 0.102. The lowest BCUT2D eigenvalue weighted by Gasteiger charge is -2.17. The van der Waals surface area contributed by atoms with Crippen LogP contribution in [0.1, 0.15) is 35.2 Å². The predicted octanol–water partition coefficient (Wildman–Crippen LogP) is 4.02. The predicted molar refractivity (Wildman–Crippen MR) is 73.6 cm³/mol. The fourth-order valence-electron chi connectivity index (χ4n) is 2.60. The average molecular weight is 236 g/mol. The van der Waals surface area contributed by atoms with Crippen LogP contribution in [0, 0.1) is 0 Å². The molecule has 0 spiro atoms. The molecular formula is C17H16O. The summed E-state index contributed by atoms with van der Waals surface area (Å²) in [6, 6.07) is 7.95. The van der Waals surface area contributed by atoms with Crippen molar-refractivity contribution in [3.05, 3.63) is 70.8 Å². The summed E-state index contributed by atoms with van der Waals surface area (Å²) < 4.78 is 0. The summed E-state index contributed by atoms with van der Waals surface area (Å²) in [5, 5.41) is 0. The summed E-state index contributed by atoms with van der Waals surface area (Å²) in [6.45, 7) is 0.